The highest BCUT2D eigenvalue weighted by Crippen LogP contribution is 2.29. The minimum absolute atomic E-state index is 0.234. The molecule has 2 aromatic carbocycles. The molecule has 2 aromatic rings. The van der Waals surface area contributed by atoms with E-state index < -0.39 is 5.97 Å². The van der Waals surface area contributed by atoms with Crippen molar-refractivity contribution in [3.05, 3.63) is 63.8 Å². The zero-order chi connectivity index (χ0) is 17.1. The molecule has 0 aliphatic carbocycles. The summed E-state index contributed by atoms with van der Waals surface area (Å²) in [5.74, 6) is 0.995. The third-order valence-electron chi connectivity index (χ3n) is 3.40. The summed E-state index contributed by atoms with van der Waals surface area (Å²) in [6.07, 6.45) is 1.65. The number of aliphatic imine (C=N–C) groups is 1. The standard InChI is InChI=1S/C18H14BrNO4/c1-22-15-7-6-11(9-16(15)23-2)8-14-18(21)24-17(20-14)12-4-3-5-13(19)10-12/h3-10H,1-2H3. The molecule has 0 unspecified atom stereocenters. The van der Waals surface area contributed by atoms with Gasteiger partial charge in [-0.1, -0.05) is 28.1 Å². The molecule has 0 bridgehead atoms. The van der Waals surface area contributed by atoms with Gasteiger partial charge >= 0.3 is 5.97 Å². The maximum Gasteiger partial charge on any atom is 0.363 e. The number of halogens is 1. The highest BCUT2D eigenvalue weighted by molar-refractivity contribution is 9.10. The lowest BCUT2D eigenvalue weighted by Crippen LogP contribution is -2.05. The molecule has 0 saturated heterocycles. The van der Waals surface area contributed by atoms with Crippen LogP contribution in [-0.2, 0) is 9.53 Å². The first-order valence-electron chi connectivity index (χ1n) is 7.11. The summed E-state index contributed by atoms with van der Waals surface area (Å²) in [6.45, 7) is 0. The summed E-state index contributed by atoms with van der Waals surface area (Å²) in [7, 11) is 3.13. The lowest BCUT2D eigenvalue weighted by atomic mass is 10.1. The number of methoxy groups -OCH3 is 2. The fourth-order valence-corrected chi connectivity index (χ4v) is 2.65. The molecule has 1 heterocycles. The lowest BCUT2D eigenvalue weighted by molar-refractivity contribution is -0.129. The number of hydrogen-bond acceptors (Lipinski definition) is 5. The Labute approximate surface area is 147 Å². The second-order valence-electron chi connectivity index (χ2n) is 4.96. The number of benzene rings is 2. The second-order valence-corrected chi connectivity index (χ2v) is 5.88. The van der Waals surface area contributed by atoms with Crippen molar-refractivity contribution in [3.8, 4) is 11.5 Å². The van der Waals surface area contributed by atoms with Crippen LogP contribution in [-0.4, -0.2) is 26.1 Å². The molecule has 0 atom stereocenters. The average Bonchev–Trinajstić information content (AvgIpc) is 2.95. The van der Waals surface area contributed by atoms with Gasteiger partial charge in [0.1, 0.15) is 0 Å². The fourth-order valence-electron chi connectivity index (χ4n) is 2.25. The topological polar surface area (TPSA) is 57.1 Å². The maximum atomic E-state index is 12.1. The molecule has 24 heavy (non-hydrogen) atoms. The van der Waals surface area contributed by atoms with Crippen molar-refractivity contribution in [2.24, 2.45) is 4.99 Å². The van der Waals surface area contributed by atoms with Crippen LogP contribution in [0.1, 0.15) is 11.1 Å². The van der Waals surface area contributed by atoms with Crippen molar-refractivity contribution in [2.45, 2.75) is 0 Å². The molecule has 0 fully saturated rings. The van der Waals surface area contributed by atoms with Crippen molar-refractivity contribution >= 4 is 33.9 Å². The Morgan fingerprint density at radius 2 is 1.88 bits per heavy atom. The minimum atomic E-state index is -0.486. The number of ether oxygens (including phenoxy) is 3. The van der Waals surface area contributed by atoms with E-state index in [1.807, 2.05) is 30.3 Å². The maximum absolute atomic E-state index is 12.1. The van der Waals surface area contributed by atoms with Crippen LogP contribution >= 0.6 is 15.9 Å². The zero-order valence-corrected chi connectivity index (χ0v) is 14.7. The summed E-state index contributed by atoms with van der Waals surface area (Å²) < 4.78 is 16.6. The smallest absolute Gasteiger partial charge is 0.363 e. The summed E-state index contributed by atoms with van der Waals surface area (Å²) in [5.41, 5.74) is 1.73. The molecular formula is C18H14BrNO4. The third kappa shape index (κ3) is 3.33. The van der Waals surface area contributed by atoms with Crippen LogP contribution in [0.3, 0.4) is 0 Å². The van der Waals surface area contributed by atoms with Gasteiger partial charge in [0.05, 0.1) is 14.2 Å². The highest BCUT2D eigenvalue weighted by atomic mass is 79.9. The number of rotatable bonds is 4. The van der Waals surface area contributed by atoms with E-state index in [0.29, 0.717) is 11.5 Å². The SMILES string of the molecule is COc1ccc(C=C2N=C(c3cccc(Br)c3)OC2=O)cc1OC. The van der Waals surface area contributed by atoms with Crippen LogP contribution in [0.2, 0.25) is 0 Å². The molecule has 6 heteroatoms. The van der Waals surface area contributed by atoms with Crippen molar-refractivity contribution < 1.29 is 19.0 Å². The number of carbonyl (C=O) groups excluding carboxylic acids is 1. The number of cyclic esters (lactones) is 1. The Kier molecular flexibility index (Phi) is 4.66. The van der Waals surface area contributed by atoms with E-state index in [1.54, 1.807) is 32.4 Å². The molecular weight excluding hydrogens is 374 g/mol. The van der Waals surface area contributed by atoms with Crippen molar-refractivity contribution in [1.82, 2.24) is 0 Å². The first-order chi connectivity index (χ1) is 11.6. The van der Waals surface area contributed by atoms with E-state index in [4.69, 9.17) is 14.2 Å². The summed E-state index contributed by atoms with van der Waals surface area (Å²) in [4.78, 5) is 16.3. The monoisotopic (exact) mass is 387 g/mol. The number of esters is 1. The van der Waals surface area contributed by atoms with Gasteiger partial charge in [-0.3, -0.25) is 0 Å². The second kappa shape index (κ2) is 6.88. The van der Waals surface area contributed by atoms with E-state index in [0.717, 1.165) is 15.6 Å². The molecule has 0 saturated carbocycles. The average molecular weight is 388 g/mol. The highest BCUT2D eigenvalue weighted by Gasteiger charge is 2.24. The predicted octanol–water partition coefficient (Wildman–Crippen LogP) is 3.81. The molecule has 0 aromatic heterocycles. The molecule has 122 valence electrons. The van der Waals surface area contributed by atoms with E-state index in [2.05, 4.69) is 20.9 Å². The van der Waals surface area contributed by atoms with E-state index in [-0.39, 0.29) is 11.6 Å². The van der Waals surface area contributed by atoms with E-state index in [1.165, 1.54) is 0 Å². The molecule has 0 radical (unpaired) electrons. The van der Waals surface area contributed by atoms with Crippen LogP contribution in [0.25, 0.3) is 6.08 Å². The Morgan fingerprint density at radius 1 is 1.08 bits per heavy atom. The van der Waals surface area contributed by atoms with Crippen molar-refractivity contribution in [3.63, 3.8) is 0 Å². The van der Waals surface area contributed by atoms with Gasteiger partial charge in [0.25, 0.3) is 0 Å². The van der Waals surface area contributed by atoms with Crippen molar-refractivity contribution in [2.75, 3.05) is 14.2 Å². The van der Waals surface area contributed by atoms with Gasteiger partial charge in [-0.15, -0.1) is 0 Å². The van der Waals surface area contributed by atoms with Gasteiger partial charge in [0.2, 0.25) is 5.90 Å². The number of nitrogens with zero attached hydrogens (tertiary/aromatic N) is 1. The Hall–Kier alpha value is -2.60. The van der Waals surface area contributed by atoms with Crippen molar-refractivity contribution in [1.29, 1.82) is 0 Å². The zero-order valence-electron chi connectivity index (χ0n) is 13.1. The van der Waals surface area contributed by atoms with E-state index >= 15 is 0 Å². The van der Waals surface area contributed by atoms with Gasteiger partial charge in [0.15, 0.2) is 17.2 Å². The first-order valence-corrected chi connectivity index (χ1v) is 7.90. The van der Waals surface area contributed by atoms with Gasteiger partial charge in [-0.05, 0) is 42.0 Å². The lowest BCUT2D eigenvalue weighted by Gasteiger charge is -2.07. The molecule has 0 spiro atoms. The Morgan fingerprint density at radius 3 is 2.58 bits per heavy atom. The predicted molar refractivity (Wildman–Crippen MR) is 94.3 cm³/mol. The number of carbonyl (C=O) groups is 1. The van der Waals surface area contributed by atoms with Gasteiger partial charge in [-0.25, -0.2) is 9.79 Å². The van der Waals surface area contributed by atoms with Gasteiger partial charge in [0, 0.05) is 10.0 Å². The van der Waals surface area contributed by atoms with Gasteiger partial charge in [-0.2, -0.15) is 0 Å². The molecule has 1 aliphatic heterocycles. The molecule has 5 nitrogen and oxygen atoms in total. The molecule has 0 amide bonds. The van der Waals surface area contributed by atoms with Gasteiger partial charge < -0.3 is 14.2 Å². The first kappa shape index (κ1) is 16.3. The number of hydrogen-bond donors (Lipinski definition) is 0. The van der Waals surface area contributed by atoms with Crippen LogP contribution in [0.4, 0.5) is 0 Å². The van der Waals surface area contributed by atoms with Crippen LogP contribution < -0.4 is 9.47 Å². The molecule has 1 aliphatic rings. The fraction of sp³-hybridized carbons (Fsp3) is 0.111. The van der Waals surface area contributed by atoms with Crippen LogP contribution in [0.15, 0.2) is 57.6 Å². The Bertz CT molecular complexity index is 858. The summed E-state index contributed by atoms with van der Waals surface area (Å²) in [5, 5.41) is 0. The summed E-state index contributed by atoms with van der Waals surface area (Å²) >= 11 is 3.39. The van der Waals surface area contributed by atoms with E-state index in [9.17, 15) is 4.79 Å². The third-order valence-corrected chi connectivity index (χ3v) is 3.90. The largest absolute Gasteiger partial charge is 0.493 e. The molecule has 0 N–H and O–H groups in total. The Balaban J connectivity index is 1.94. The summed E-state index contributed by atoms with van der Waals surface area (Å²) in [6, 6.07) is 12.8. The molecule has 3 rings (SSSR count). The van der Waals surface area contributed by atoms with Crippen LogP contribution in [0.5, 0.6) is 11.5 Å². The quantitative estimate of drug-likeness (QED) is 0.591. The normalized spacial score (nSPS) is 15.2. The minimum Gasteiger partial charge on any atom is -0.493 e. The van der Waals surface area contributed by atoms with Crippen LogP contribution in [0, 0.1) is 0 Å².